The molecule has 1 unspecified atom stereocenters. The van der Waals surface area contributed by atoms with Gasteiger partial charge >= 0.3 is 0 Å². The third kappa shape index (κ3) is 6.15. The van der Waals surface area contributed by atoms with Gasteiger partial charge in [0, 0.05) is 44.3 Å². The summed E-state index contributed by atoms with van der Waals surface area (Å²) in [5.74, 6) is -0.423. The molecule has 1 aromatic rings. The Morgan fingerprint density at radius 2 is 1.89 bits per heavy atom. The summed E-state index contributed by atoms with van der Waals surface area (Å²) in [6, 6.07) is 6.82. The molecular formula is C19H28ClN3O4S. The van der Waals surface area contributed by atoms with Crippen molar-refractivity contribution in [2.75, 3.05) is 52.5 Å². The summed E-state index contributed by atoms with van der Waals surface area (Å²) in [6.07, 6.45) is 1.41. The van der Waals surface area contributed by atoms with Crippen molar-refractivity contribution in [1.29, 1.82) is 0 Å². The van der Waals surface area contributed by atoms with Gasteiger partial charge in [-0.2, -0.15) is 0 Å². The largest absolute Gasteiger partial charge is 0.379 e. The normalized spacial score (nSPS) is 22.1. The number of carbonyl (C=O) groups excluding carboxylic acids is 1. The molecule has 2 aliphatic heterocycles. The molecule has 28 heavy (non-hydrogen) atoms. The van der Waals surface area contributed by atoms with Crippen LogP contribution in [0.4, 0.5) is 0 Å². The van der Waals surface area contributed by atoms with Gasteiger partial charge in [-0.15, -0.1) is 0 Å². The number of rotatable bonds is 7. The molecule has 2 saturated heterocycles. The van der Waals surface area contributed by atoms with E-state index in [9.17, 15) is 13.2 Å². The van der Waals surface area contributed by atoms with Crippen LogP contribution in [0, 0.1) is 5.92 Å². The Hall–Kier alpha value is -1.19. The van der Waals surface area contributed by atoms with Crippen molar-refractivity contribution >= 4 is 27.5 Å². The summed E-state index contributed by atoms with van der Waals surface area (Å²) >= 11 is 5.86. The maximum absolute atomic E-state index is 12.8. The van der Waals surface area contributed by atoms with Crippen molar-refractivity contribution in [3.8, 4) is 0 Å². The lowest BCUT2D eigenvalue weighted by atomic mass is 9.99. The van der Waals surface area contributed by atoms with Crippen LogP contribution in [-0.4, -0.2) is 76.0 Å². The summed E-state index contributed by atoms with van der Waals surface area (Å²) in [6.45, 7) is 5.32. The summed E-state index contributed by atoms with van der Waals surface area (Å²) in [7, 11) is -3.47. The lowest BCUT2D eigenvalue weighted by molar-refractivity contribution is -0.126. The molecule has 0 bridgehead atoms. The second-order valence-corrected chi connectivity index (χ2v) is 9.73. The molecule has 1 atom stereocenters. The summed E-state index contributed by atoms with van der Waals surface area (Å²) in [5, 5.41) is 3.55. The monoisotopic (exact) mass is 429 g/mol. The van der Waals surface area contributed by atoms with Gasteiger partial charge in [-0.25, -0.2) is 12.7 Å². The maximum Gasteiger partial charge on any atom is 0.224 e. The number of amides is 1. The number of ether oxygens (including phenoxy) is 1. The molecule has 2 fully saturated rings. The molecule has 7 nitrogen and oxygen atoms in total. The summed E-state index contributed by atoms with van der Waals surface area (Å²) in [4.78, 5) is 14.8. The standard InChI is InChI=1S/C19H28ClN3O4S/c20-18-5-3-16(4-6-18)15-28(25,26)23-8-1-2-17(14-23)19(24)21-7-9-22-10-12-27-13-11-22/h3-6,17H,1-2,7-15H2,(H,21,24). The molecule has 3 rings (SSSR count). The molecule has 0 aliphatic carbocycles. The SMILES string of the molecule is O=C(NCCN1CCOCC1)C1CCCN(S(=O)(=O)Cc2ccc(Cl)cc2)C1. The number of nitrogens with zero attached hydrogens (tertiary/aromatic N) is 2. The smallest absolute Gasteiger partial charge is 0.224 e. The molecule has 1 aromatic carbocycles. The minimum absolute atomic E-state index is 0.0559. The number of piperidine rings is 1. The second-order valence-electron chi connectivity index (χ2n) is 7.32. The Morgan fingerprint density at radius 1 is 1.18 bits per heavy atom. The van der Waals surface area contributed by atoms with Crippen molar-refractivity contribution in [1.82, 2.24) is 14.5 Å². The van der Waals surface area contributed by atoms with E-state index in [2.05, 4.69) is 10.2 Å². The van der Waals surface area contributed by atoms with Gasteiger partial charge in [0.1, 0.15) is 0 Å². The van der Waals surface area contributed by atoms with Crippen molar-refractivity contribution < 1.29 is 17.9 Å². The third-order valence-corrected chi connectivity index (χ3v) is 7.31. The molecule has 2 aliphatic rings. The number of hydrogen-bond donors (Lipinski definition) is 1. The number of sulfonamides is 1. The van der Waals surface area contributed by atoms with Gasteiger partial charge in [0.15, 0.2) is 0 Å². The van der Waals surface area contributed by atoms with Crippen molar-refractivity contribution in [3.63, 3.8) is 0 Å². The molecule has 1 amide bonds. The van der Waals surface area contributed by atoms with E-state index in [1.807, 2.05) is 0 Å². The maximum atomic E-state index is 12.8. The Balaban J connectivity index is 1.49. The van der Waals surface area contributed by atoms with Crippen molar-refractivity contribution in [2.45, 2.75) is 18.6 Å². The first-order valence-corrected chi connectivity index (χ1v) is 11.7. The van der Waals surface area contributed by atoms with Gasteiger partial charge in [0.2, 0.25) is 15.9 Å². The van der Waals surface area contributed by atoms with Gasteiger partial charge in [-0.05, 0) is 30.5 Å². The van der Waals surface area contributed by atoms with Crippen LogP contribution in [0.25, 0.3) is 0 Å². The molecule has 0 radical (unpaired) electrons. The number of carbonyl (C=O) groups is 1. The van der Waals surface area contributed by atoms with E-state index < -0.39 is 10.0 Å². The van der Waals surface area contributed by atoms with E-state index in [1.165, 1.54) is 4.31 Å². The van der Waals surface area contributed by atoms with E-state index in [0.29, 0.717) is 30.1 Å². The Labute approximate surface area is 172 Å². The topological polar surface area (TPSA) is 79.0 Å². The average Bonchev–Trinajstić information content (AvgIpc) is 2.70. The minimum Gasteiger partial charge on any atom is -0.379 e. The lowest BCUT2D eigenvalue weighted by Crippen LogP contribution is -2.47. The zero-order valence-electron chi connectivity index (χ0n) is 16.0. The van der Waals surface area contributed by atoms with E-state index in [0.717, 1.165) is 39.3 Å². The first kappa shape index (κ1) is 21.5. The lowest BCUT2D eigenvalue weighted by Gasteiger charge is -2.31. The van der Waals surface area contributed by atoms with Crippen LogP contribution in [0.3, 0.4) is 0 Å². The fraction of sp³-hybridized carbons (Fsp3) is 0.632. The minimum atomic E-state index is -3.47. The summed E-state index contributed by atoms with van der Waals surface area (Å²) < 4.78 is 32.3. The van der Waals surface area contributed by atoms with Gasteiger partial charge in [0.25, 0.3) is 0 Å². The average molecular weight is 430 g/mol. The quantitative estimate of drug-likeness (QED) is 0.707. The molecular weight excluding hydrogens is 402 g/mol. The van der Waals surface area contributed by atoms with Crippen molar-refractivity contribution in [2.24, 2.45) is 5.92 Å². The van der Waals surface area contributed by atoms with Crippen molar-refractivity contribution in [3.05, 3.63) is 34.9 Å². The zero-order chi connectivity index (χ0) is 20.0. The Bertz CT molecular complexity index is 751. The van der Waals surface area contributed by atoms with Gasteiger partial charge in [-0.1, -0.05) is 23.7 Å². The van der Waals surface area contributed by atoms with Crippen LogP contribution in [-0.2, 0) is 25.3 Å². The molecule has 0 aromatic heterocycles. The predicted molar refractivity (Wildman–Crippen MR) is 109 cm³/mol. The van der Waals surface area contributed by atoms with Gasteiger partial charge in [0.05, 0.1) is 24.9 Å². The van der Waals surface area contributed by atoms with Crippen LogP contribution in [0.1, 0.15) is 18.4 Å². The first-order chi connectivity index (χ1) is 13.4. The number of halogens is 1. The van der Waals surface area contributed by atoms with Crippen LogP contribution in [0.15, 0.2) is 24.3 Å². The third-order valence-electron chi connectivity index (χ3n) is 5.24. The van der Waals surface area contributed by atoms with E-state index in [4.69, 9.17) is 16.3 Å². The number of morpholine rings is 1. The van der Waals surface area contributed by atoms with Gasteiger partial charge in [-0.3, -0.25) is 9.69 Å². The van der Waals surface area contributed by atoms with Crippen LogP contribution in [0.5, 0.6) is 0 Å². The number of hydrogen-bond acceptors (Lipinski definition) is 5. The highest BCUT2D eigenvalue weighted by molar-refractivity contribution is 7.88. The highest BCUT2D eigenvalue weighted by atomic mass is 35.5. The van der Waals surface area contributed by atoms with Gasteiger partial charge < -0.3 is 10.1 Å². The number of nitrogens with one attached hydrogen (secondary N) is 1. The predicted octanol–water partition coefficient (Wildman–Crippen LogP) is 1.33. The summed E-state index contributed by atoms with van der Waals surface area (Å²) in [5.41, 5.74) is 0.696. The molecule has 0 saturated carbocycles. The van der Waals surface area contributed by atoms with Crippen LogP contribution < -0.4 is 5.32 Å². The second kappa shape index (κ2) is 10.0. The fourth-order valence-electron chi connectivity index (χ4n) is 3.60. The van der Waals surface area contributed by atoms with E-state index in [-0.39, 0.29) is 24.1 Å². The van der Waals surface area contributed by atoms with E-state index in [1.54, 1.807) is 24.3 Å². The highest BCUT2D eigenvalue weighted by Gasteiger charge is 2.32. The first-order valence-electron chi connectivity index (χ1n) is 9.74. The Kier molecular flexibility index (Phi) is 7.70. The zero-order valence-corrected chi connectivity index (χ0v) is 17.6. The molecule has 0 spiro atoms. The highest BCUT2D eigenvalue weighted by Crippen LogP contribution is 2.22. The molecule has 2 heterocycles. The molecule has 156 valence electrons. The molecule has 9 heteroatoms. The molecule has 1 N–H and O–H groups in total. The fourth-order valence-corrected chi connectivity index (χ4v) is 5.33. The van der Waals surface area contributed by atoms with Crippen LogP contribution >= 0.6 is 11.6 Å². The van der Waals surface area contributed by atoms with E-state index >= 15 is 0 Å². The van der Waals surface area contributed by atoms with Crippen LogP contribution in [0.2, 0.25) is 5.02 Å². The number of benzene rings is 1. The Morgan fingerprint density at radius 3 is 2.61 bits per heavy atom.